The number of aryl methyl sites for hydroxylation is 1. The largest absolute Gasteiger partial charge is 0.325 e. The number of carbonyl (C=O) groups excluding carboxylic acids is 1. The minimum Gasteiger partial charge on any atom is -0.325 e. The van der Waals surface area contributed by atoms with Crippen LogP contribution in [0.4, 0.5) is 5.69 Å². The van der Waals surface area contributed by atoms with Crippen LogP contribution in [0, 0.1) is 6.92 Å². The van der Waals surface area contributed by atoms with Gasteiger partial charge < -0.3 is 9.88 Å². The van der Waals surface area contributed by atoms with E-state index in [1.54, 1.807) is 0 Å². The lowest BCUT2D eigenvalue weighted by atomic mass is 10.1. The fraction of sp³-hybridized carbons (Fsp3) is 0.286. The maximum atomic E-state index is 12.3. The molecular formula is C21H23BrN4OS. The van der Waals surface area contributed by atoms with Crippen LogP contribution >= 0.6 is 27.7 Å². The third-order valence-corrected chi connectivity index (χ3v) is 6.08. The third-order valence-electron chi connectivity index (χ3n) is 4.22. The first-order chi connectivity index (χ1) is 13.6. The second-order valence-electron chi connectivity index (χ2n) is 6.51. The summed E-state index contributed by atoms with van der Waals surface area (Å²) in [5.41, 5.74) is 3.08. The first kappa shape index (κ1) is 20.6. The molecule has 1 aromatic heterocycles. The number of thioether (sulfide) groups is 1. The van der Waals surface area contributed by atoms with Crippen molar-refractivity contribution < 1.29 is 4.79 Å². The molecule has 0 unspecified atom stereocenters. The first-order valence-corrected chi connectivity index (χ1v) is 11.0. The molecule has 1 amide bonds. The van der Waals surface area contributed by atoms with Crippen molar-refractivity contribution in [3.63, 3.8) is 0 Å². The van der Waals surface area contributed by atoms with Crippen molar-refractivity contribution in [1.29, 1.82) is 0 Å². The van der Waals surface area contributed by atoms with Gasteiger partial charge in [-0.1, -0.05) is 64.9 Å². The summed E-state index contributed by atoms with van der Waals surface area (Å²) in [4.78, 5) is 12.3. The molecule has 0 fully saturated rings. The number of benzene rings is 2. The van der Waals surface area contributed by atoms with Gasteiger partial charge in [0.15, 0.2) is 5.16 Å². The molecule has 1 heterocycles. The average molecular weight is 459 g/mol. The number of hydrogen-bond acceptors (Lipinski definition) is 4. The summed E-state index contributed by atoms with van der Waals surface area (Å²) in [6, 6.07) is 16.0. The SMILES string of the molecule is CCCn1c(Cc2ccccc2)nnc1SCC(=O)Nc1ccc(Br)c(C)c1. The van der Waals surface area contributed by atoms with Crippen LogP contribution in [0.3, 0.4) is 0 Å². The van der Waals surface area contributed by atoms with Crippen molar-refractivity contribution in [3.8, 4) is 0 Å². The van der Waals surface area contributed by atoms with Crippen molar-refractivity contribution in [3.05, 3.63) is 70.0 Å². The zero-order valence-corrected chi connectivity index (χ0v) is 18.4. The number of aromatic nitrogens is 3. The molecule has 3 aromatic rings. The van der Waals surface area contributed by atoms with Gasteiger partial charge in [0, 0.05) is 23.1 Å². The molecule has 0 aliphatic heterocycles. The number of hydrogen-bond donors (Lipinski definition) is 1. The van der Waals surface area contributed by atoms with Gasteiger partial charge in [0.25, 0.3) is 0 Å². The molecule has 0 bridgehead atoms. The van der Waals surface area contributed by atoms with E-state index in [4.69, 9.17) is 0 Å². The molecule has 0 saturated carbocycles. The van der Waals surface area contributed by atoms with E-state index in [0.717, 1.165) is 46.1 Å². The maximum absolute atomic E-state index is 12.3. The number of nitrogens with one attached hydrogen (secondary N) is 1. The molecular weight excluding hydrogens is 436 g/mol. The van der Waals surface area contributed by atoms with Crippen LogP contribution in [-0.2, 0) is 17.8 Å². The molecule has 0 saturated heterocycles. The van der Waals surface area contributed by atoms with Crippen LogP contribution in [0.2, 0.25) is 0 Å². The van der Waals surface area contributed by atoms with Crippen LogP contribution in [0.25, 0.3) is 0 Å². The molecule has 5 nitrogen and oxygen atoms in total. The monoisotopic (exact) mass is 458 g/mol. The topological polar surface area (TPSA) is 59.8 Å². The van der Waals surface area contributed by atoms with Gasteiger partial charge in [0.2, 0.25) is 5.91 Å². The third kappa shape index (κ3) is 5.45. The number of halogens is 1. The second-order valence-corrected chi connectivity index (χ2v) is 8.31. The summed E-state index contributed by atoms with van der Waals surface area (Å²) >= 11 is 4.89. The van der Waals surface area contributed by atoms with Crippen molar-refractivity contribution in [2.75, 3.05) is 11.1 Å². The molecule has 0 aliphatic carbocycles. The fourth-order valence-electron chi connectivity index (χ4n) is 2.83. The molecule has 1 N–H and O–H groups in total. The van der Waals surface area contributed by atoms with Gasteiger partial charge in [-0.25, -0.2) is 0 Å². The highest BCUT2D eigenvalue weighted by Crippen LogP contribution is 2.22. The number of nitrogens with zero attached hydrogens (tertiary/aromatic N) is 3. The Bertz CT molecular complexity index is 943. The Morgan fingerprint density at radius 2 is 1.96 bits per heavy atom. The van der Waals surface area contributed by atoms with Gasteiger partial charge in [0.1, 0.15) is 5.82 Å². The molecule has 0 spiro atoms. The van der Waals surface area contributed by atoms with E-state index in [-0.39, 0.29) is 5.91 Å². The fourth-order valence-corrected chi connectivity index (χ4v) is 3.86. The molecule has 3 rings (SSSR count). The van der Waals surface area contributed by atoms with Gasteiger partial charge in [-0.05, 0) is 42.7 Å². The van der Waals surface area contributed by atoms with Gasteiger partial charge in [-0.15, -0.1) is 10.2 Å². The zero-order valence-electron chi connectivity index (χ0n) is 16.0. The van der Waals surface area contributed by atoms with Crippen molar-refractivity contribution in [1.82, 2.24) is 14.8 Å². The highest BCUT2D eigenvalue weighted by molar-refractivity contribution is 9.10. The summed E-state index contributed by atoms with van der Waals surface area (Å²) in [5, 5.41) is 12.4. The molecule has 146 valence electrons. The predicted molar refractivity (Wildman–Crippen MR) is 118 cm³/mol. The molecule has 0 radical (unpaired) electrons. The maximum Gasteiger partial charge on any atom is 0.234 e. The van der Waals surface area contributed by atoms with Crippen molar-refractivity contribution >= 4 is 39.3 Å². The lowest BCUT2D eigenvalue weighted by Crippen LogP contribution is -2.15. The van der Waals surface area contributed by atoms with E-state index in [9.17, 15) is 4.79 Å². The van der Waals surface area contributed by atoms with E-state index >= 15 is 0 Å². The number of anilines is 1. The summed E-state index contributed by atoms with van der Waals surface area (Å²) in [7, 11) is 0. The highest BCUT2D eigenvalue weighted by atomic mass is 79.9. The summed E-state index contributed by atoms with van der Waals surface area (Å²) in [5.74, 6) is 1.17. The van der Waals surface area contributed by atoms with E-state index < -0.39 is 0 Å². The lowest BCUT2D eigenvalue weighted by Gasteiger charge is -2.10. The normalized spacial score (nSPS) is 10.8. The predicted octanol–water partition coefficient (Wildman–Crippen LogP) is 5.08. The van der Waals surface area contributed by atoms with E-state index in [1.165, 1.54) is 17.3 Å². The smallest absolute Gasteiger partial charge is 0.234 e. The quantitative estimate of drug-likeness (QED) is 0.478. The zero-order chi connectivity index (χ0) is 19.9. The van der Waals surface area contributed by atoms with Gasteiger partial charge in [-0.2, -0.15) is 0 Å². The molecule has 7 heteroatoms. The van der Waals surface area contributed by atoms with Crippen molar-refractivity contribution in [2.24, 2.45) is 0 Å². The standard InChI is InChI=1S/C21H23BrN4OS/c1-3-11-26-19(13-16-7-5-4-6-8-16)24-25-21(26)28-14-20(27)23-17-9-10-18(22)15(2)12-17/h4-10,12H,3,11,13-14H2,1-2H3,(H,23,27). The average Bonchev–Trinajstić information content (AvgIpc) is 3.06. The molecule has 2 aromatic carbocycles. The first-order valence-electron chi connectivity index (χ1n) is 9.21. The van der Waals surface area contributed by atoms with E-state index in [2.05, 4.69) is 55.1 Å². The Kier molecular flexibility index (Phi) is 7.28. The minimum atomic E-state index is -0.0534. The number of carbonyl (C=O) groups is 1. The Hall–Kier alpha value is -2.12. The van der Waals surface area contributed by atoms with Crippen LogP contribution in [-0.4, -0.2) is 26.4 Å². The lowest BCUT2D eigenvalue weighted by molar-refractivity contribution is -0.113. The molecule has 0 aliphatic rings. The van der Waals surface area contributed by atoms with Crippen LogP contribution < -0.4 is 5.32 Å². The van der Waals surface area contributed by atoms with Crippen LogP contribution in [0.5, 0.6) is 0 Å². The van der Waals surface area contributed by atoms with Crippen LogP contribution in [0.15, 0.2) is 58.2 Å². The van der Waals surface area contributed by atoms with Gasteiger partial charge >= 0.3 is 0 Å². The van der Waals surface area contributed by atoms with Crippen LogP contribution in [0.1, 0.15) is 30.3 Å². The van der Waals surface area contributed by atoms with E-state index in [1.807, 2.05) is 43.3 Å². The highest BCUT2D eigenvalue weighted by Gasteiger charge is 2.14. The molecule has 28 heavy (non-hydrogen) atoms. The van der Waals surface area contributed by atoms with Crippen molar-refractivity contribution in [2.45, 2.75) is 38.4 Å². The Morgan fingerprint density at radius 1 is 1.18 bits per heavy atom. The van der Waals surface area contributed by atoms with Gasteiger partial charge in [0.05, 0.1) is 5.75 Å². The number of amides is 1. The minimum absolute atomic E-state index is 0.0534. The van der Waals surface area contributed by atoms with Gasteiger partial charge in [-0.3, -0.25) is 4.79 Å². The Labute approximate surface area is 178 Å². The summed E-state index contributed by atoms with van der Waals surface area (Å²) in [6.07, 6.45) is 1.72. The summed E-state index contributed by atoms with van der Waals surface area (Å²) in [6.45, 7) is 4.96. The van der Waals surface area contributed by atoms with E-state index in [0.29, 0.717) is 5.75 Å². The summed E-state index contributed by atoms with van der Waals surface area (Å²) < 4.78 is 3.15. The Morgan fingerprint density at radius 3 is 2.68 bits per heavy atom. The second kappa shape index (κ2) is 9.89. The molecule has 0 atom stereocenters. The number of rotatable bonds is 8. The Balaban J connectivity index is 1.64.